The summed E-state index contributed by atoms with van der Waals surface area (Å²) in [4.78, 5) is 39.5. The lowest BCUT2D eigenvalue weighted by Crippen LogP contribution is -2.57. The molecule has 486 valence electrons. The summed E-state index contributed by atoms with van der Waals surface area (Å²) in [6.45, 7) is 3.73. The number of fused-ring (bicyclic) bond motifs is 2. The van der Waals surface area contributed by atoms with E-state index in [-0.39, 0.29) is 58.2 Å². The molecule has 10 rings (SSSR count). The Balaban J connectivity index is 0.000000187. The SMILES string of the molecule is Cc1c(C(=O)O)c2ccc(F)cc2n1[C@H](C)C1CCC(N2CC(OC(F)F)C2)CC1.Cc1c(C(=O)Oc2c(F)c(F)c(F)c(F)c2F)c2ccc(F)cc2n1[C@H](C)C1CCC(N2CC(OC(F)F)C2)CC1.O=C(Oc1c(F)c(F)c(F)c(F)c1F)C(F)(F)F. The Bertz CT molecular complexity index is 3570. The van der Waals surface area contributed by atoms with E-state index in [1.54, 1.807) is 17.6 Å². The smallest absolute Gasteiger partial charge is 0.478 e. The molecule has 1 N–H and O–H groups in total. The highest BCUT2D eigenvalue weighted by atomic mass is 19.4. The molecule has 6 aromatic rings. The topological polar surface area (TPSA) is 125 Å². The van der Waals surface area contributed by atoms with E-state index in [4.69, 9.17) is 4.74 Å². The van der Waals surface area contributed by atoms with Crippen LogP contribution in [0.5, 0.6) is 11.5 Å². The average Bonchev–Trinajstić information content (AvgIpc) is 1.71. The number of aromatic carboxylic acids is 1. The van der Waals surface area contributed by atoms with Crippen LogP contribution >= 0.6 is 0 Å². The van der Waals surface area contributed by atoms with Crippen molar-refractivity contribution in [3.05, 3.63) is 129 Å². The zero-order valence-corrected chi connectivity index (χ0v) is 47.0. The highest BCUT2D eigenvalue weighted by molar-refractivity contribution is 6.07. The van der Waals surface area contributed by atoms with Gasteiger partial charge in [-0.1, -0.05) is 0 Å². The maximum absolute atomic E-state index is 14.3. The van der Waals surface area contributed by atoms with E-state index in [1.165, 1.54) is 31.2 Å². The molecule has 0 amide bonds. The Morgan fingerprint density at radius 1 is 0.494 bits per heavy atom. The van der Waals surface area contributed by atoms with E-state index in [2.05, 4.69) is 30.9 Å². The molecule has 0 unspecified atom stereocenters. The molecule has 2 saturated heterocycles. The Kier molecular flexibility index (Phi) is 20.7. The van der Waals surface area contributed by atoms with Gasteiger partial charge in [0.15, 0.2) is 0 Å². The third-order valence-corrected chi connectivity index (χ3v) is 16.8. The first-order chi connectivity index (χ1) is 41.7. The second-order valence-corrected chi connectivity index (χ2v) is 21.9. The van der Waals surface area contributed by atoms with Crippen molar-refractivity contribution in [2.24, 2.45) is 11.8 Å². The zero-order chi connectivity index (χ0) is 65.6. The molecule has 4 heterocycles. The van der Waals surface area contributed by atoms with Crippen molar-refractivity contribution in [3.63, 3.8) is 0 Å². The van der Waals surface area contributed by atoms with Gasteiger partial charge in [-0.25, -0.2) is 49.5 Å². The summed E-state index contributed by atoms with van der Waals surface area (Å²) in [5.41, 5.74) is 1.87. The average molecular weight is 1300 g/mol. The van der Waals surface area contributed by atoms with Gasteiger partial charge in [0.25, 0.3) is 0 Å². The van der Waals surface area contributed by atoms with Crippen LogP contribution in [0.25, 0.3) is 21.8 Å². The van der Waals surface area contributed by atoms with Crippen molar-refractivity contribution in [2.45, 2.75) is 135 Å². The highest BCUT2D eigenvalue weighted by Crippen LogP contribution is 2.43. The standard InChI is InChI=1S/C28H26F8N2O3.C22H27F3N2O3.C8F8O2/c1-12(14-3-6-16(7-4-14)37-10-17(11-37)40-28(35)36)38-13(2)20(18-8-5-15(29)9-19(18)38)27(39)41-26-24(33)22(31)21(30)23(32)25(26)34;1-12(14-3-6-16(7-4-14)26-10-17(11-26)30-22(24)25)27-13(2)20(21(28)29)18-8-5-15(23)9-19(18)27;9-1-2(10)4(12)6(5(13)3(1)11)18-7(17)8(14,15)16/h5,8-9,12,14,16-17,28H,3-4,6-7,10-11H2,1-2H3;5,8-9,12,14,16-17,22H,3-4,6-7,10-11H2,1-2H3,(H,28,29);/t2*12-,14?,16?;/m11./s1. The molecule has 4 fully saturated rings. The van der Waals surface area contributed by atoms with Crippen molar-refractivity contribution in [1.82, 2.24) is 18.9 Å². The number of carboxylic acid groups (broad SMARTS) is 1. The van der Waals surface area contributed by atoms with Gasteiger partial charge in [-0.2, -0.15) is 48.3 Å². The van der Waals surface area contributed by atoms with Crippen LogP contribution in [0.4, 0.5) is 83.4 Å². The van der Waals surface area contributed by atoms with Crippen LogP contribution in [0.1, 0.15) is 109 Å². The molecule has 4 aromatic carbocycles. The number of esters is 2. The lowest BCUT2D eigenvalue weighted by Gasteiger charge is -2.46. The molecule has 4 aliphatic rings. The summed E-state index contributed by atoms with van der Waals surface area (Å²) in [5.74, 6) is -34.6. The number of carboxylic acids is 1. The Labute approximate surface area is 492 Å². The number of aromatic nitrogens is 2. The van der Waals surface area contributed by atoms with E-state index in [0.717, 1.165) is 57.4 Å². The molecule has 2 atom stereocenters. The first-order valence-electron chi connectivity index (χ1n) is 27.4. The van der Waals surface area contributed by atoms with Gasteiger partial charge in [0, 0.05) is 72.5 Å². The van der Waals surface area contributed by atoms with Crippen LogP contribution in [0.15, 0.2) is 36.4 Å². The fourth-order valence-electron chi connectivity index (χ4n) is 12.4. The number of ether oxygens (including phenoxy) is 4. The minimum Gasteiger partial charge on any atom is -0.478 e. The highest BCUT2D eigenvalue weighted by Gasteiger charge is 2.44. The van der Waals surface area contributed by atoms with Gasteiger partial charge in [0.1, 0.15) is 11.6 Å². The van der Waals surface area contributed by atoms with Gasteiger partial charge in [-0.15, -0.1) is 0 Å². The summed E-state index contributed by atoms with van der Waals surface area (Å²) >= 11 is 0. The quantitative estimate of drug-likeness (QED) is 0.0371. The molecule has 31 heteroatoms. The first-order valence-corrected chi connectivity index (χ1v) is 27.4. The van der Waals surface area contributed by atoms with Crippen LogP contribution in [-0.2, 0) is 14.3 Å². The Hall–Kier alpha value is -7.12. The van der Waals surface area contributed by atoms with Gasteiger partial charge >= 0.3 is 37.3 Å². The van der Waals surface area contributed by atoms with Gasteiger partial charge in [-0.05, 0) is 127 Å². The summed E-state index contributed by atoms with van der Waals surface area (Å²) in [7, 11) is 0. The molecule has 89 heavy (non-hydrogen) atoms. The number of halogens is 19. The third-order valence-electron chi connectivity index (χ3n) is 16.8. The molecule has 2 aliphatic heterocycles. The van der Waals surface area contributed by atoms with Crippen LogP contribution in [0.3, 0.4) is 0 Å². The predicted molar refractivity (Wildman–Crippen MR) is 275 cm³/mol. The number of benzene rings is 4. The normalized spacial score (nSPS) is 20.2. The lowest BCUT2D eigenvalue weighted by molar-refractivity contribution is -0.202. The molecular weight excluding hydrogens is 1240 g/mol. The maximum atomic E-state index is 14.3. The molecule has 12 nitrogen and oxygen atoms in total. The van der Waals surface area contributed by atoms with Crippen LogP contribution in [0, 0.1) is 95.5 Å². The molecule has 2 aromatic heterocycles. The van der Waals surface area contributed by atoms with Gasteiger partial charge in [-0.3, -0.25) is 9.80 Å². The molecule has 0 spiro atoms. The monoisotopic (exact) mass is 1290 g/mol. The van der Waals surface area contributed by atoms with E-state index in [0.29, 0.717) is 60.3 Å². The number of carbonyl (C=O) groups is 3. The molecule has 2 aliphatic carbocycles. The first kappa shape index (κ1) is 67.8. The maximum Gasteiger partial charge on any atom is 0.491 e. The number of carbonyl (C=O) groups excluding carboxylic acids is 2. The summed E-state index contributed by atoms with van der Waals surface area (Å²) in [6.07, 6.45) is 0.417. The Morgan fingerprint density at radius 3 is 1.16 bits per heavy atom. The van der Waals surface area contributed by atoms with Crippen molar-refractivity contribution < 1.29 is 122 Å². The van der Waals surface area contributed by atoms with Crippen LogP contribution in [-0.4, -0.2) is 112 Å². The van der Waals surface area contributed by atoms with E-state index in [9.17, 15) is 103 Å². The summed E-state index contributed by atoms with van der Waals surface area (Å²) in [5, 5.41) is 10.4. The van der Waals surface area contributed by atoms with E-state index >= 15 is 0 Å². The fourth-order valence-corrected chi connectivity index (χ4v) is 12.4. The minimum absolute atomic E-state index is 0.0367. The summed E-state index contributed by atoms with van der Waals surface area (Å²) in [6, 6.07) is 8.17. The lowest BCUT2D eigenvalue weighted by atomic mass is 9.80. The van der Waals surface area contributed by atoms with Crippen molar-refractivity contribution in [3.8, 4) is 11.5 Å². The van der Waals surface area contributed by atoms with Gasteiger partial charge in [0.2, 0.25) is 69.7 Å². The van der Waals surface area contributed by atoms with Crippen molar-refractivity contribution in [1.29, 1.82) is 0 Å². The second-order valence-electron chi connectivity index (χ2n) is 21.9. The van der Waals surface area contributed by atoms with Gasteiger partial charge < -0.3 is 33.2 Å². The number of hydrogen-bond acceptors (Lipinski definition) is 9. The largest absolute Gasteiger partial charge is 0.491 e. The number of alkyl halides is 7. The number of hydrogen-bond donors (Lipinski definition) is 1. The van der Waals surface area contributed by atoms with Crippen molar-refractivity contribution in [2.75, 3.05) is 26.2 Å². The third kappa shape index (κ3) is 14.1. The van der Waals surface area contributed by atoms with Crippen LogP contribution < -0.4 is 9.47 Å². The number of likely N-dealkylation sites (tertiary alicyclic amines) is 2. The summed E-state index contributed by atoms with van der Waals surface area (Å²) < 4.78 is 266. The Morgan fingerprint density at radius 2 is 0.820 bits per heavy atom. The predicted octanol–water partition coefficient (Wildman–Crippen LogP) is 14.7. The fraction of sp³-hybridized carbons (Fsp3) is 0.466. The number of rotatable bonds is 14. The molecular formula is C58H53F19N4O8. The van der Waals surface area contributed by atoms with E-state index in [1.807, 2.05) is 11.5 Å². The minimum atomic E-state index is -5.65. The van der Waals surface area contributed by atoms with Crippen molar-refractivity contribution >= 4 is 39.7 Å². The molecule has 2 saturated carbocycles. The molecule has 0 bridgehead atoms. The zero-order valence-electron chi connectivity index (χ0n) is 47.0. The number of nitrogens with zero attached hydrogens (tertiary/aromatic N) is 4. The second kappa shape index (κ2) is 27.1. The van der Waals surface area contributed by atoms with Gasteiger partial charge in [0.05, 0.1) is 34.4 Å². The van der Waals surface area contributed by atoms with E-state index < -0.39 is 119 Å². The molecule has 0 radical (unpaired) electrons. The van der Waals surface area contributed by atoms with Crippen LogP contribution in [0.2, 0.25) is 0 Å².